The number of hydrogen-bond acceptors (Lipinski definition) is 5. The quantitative estimate of drug-likeness (QED) is 0.422. The van der Waals surface area contributed by atoms with E-state index in [-0.39, 0.29) is 19.4 Å². The summed E-state index contributed by atoms with van der Waals surface area (Å²) in [4.78, 5) is 11.2. The summed E-state index contributed by atoms with van der Waals surface area (Å²) >= 11 is 0. The summed E-state index contributed by atoms with van der Waals surface area (Å²) in [5.41, 5.74) is -1.29. The molecule has 0 fully saturated rings. The zero-order valence-corrected chi connectivity index (χ0v) is 10.4. The molecule has 5 heteroatoms. The normalized spacial score (nSPS) is 17.9. The summed E-state index contributed by atoms with van der Waals surface area (Å²) in [7, 11) is 0. The van der Waals surface area contributed by atoms with Crippen LogP contribution in [-0.2, 0) is 9.53 Å². The van der Waals surface area contributed by atoms with Crippen molar-refractivity contribution in [2.75, 3.05) is 13.2 Å². The van der Waals surface area contributed by atoms with Crippen molar-refractivity contribution in [2.24, 2.45) is 5.92 Å². The van der Waals surface area contributed by atoms with Gasteiger partial charge in [0.15, 0.2) is 0 Å². The van der Waals surface area contributed by atoms with Crippen LogP contribution >= 0.6 is 0 Å². The molecule has 0 spiro atoms. The third kappa shape index (κ3) is 6.41. The average molecular weight is 246 g/mol. The Bertz CT molecular complexity index is 249. The van der Waals surface area contributed by atoms with Crippen LogP contribution in [0.4, 0.5) is 0 Å². The highest BCUT2D eigenvalue weighted by Crippen LogP contribution is 2.24. The lowest BCUT2D eigenvalue weighted by atomic mass is 9.86. The van der Waals surface area contributed by atoms with Crippen molar-refractivity contribution in [1.29, 1.82) is 0 Å². The molecular weight excluding hydrogens is 224 g/mol. The lowest BCUT2D eigenvalue weighted by Crippen LogP contribution is -2.35. The van der Waals surface area contributed by atoms with E-state index >= 15 is 0 Å². The summed E-state index contributed by atoms with van der Waals surface area (Å²) in [6.07, 6.45) is 0.460. The monoisotopic (exact) mass is 246 g/mol. The van der Waals surface area contributed by atoms with Crippen LogP contribution in [0.2, 0.25) is 0 Å². The van der Waals surface area contributed by atoms with Gasteiger partial charge in [-0.25, -0.2) is 0 Å². The van der Waals surface area contributed by atoms with Crippen LogP contribution in [0.15, 0.2) is 12.7 Å². The van der Waals surface area contributed by atoms with Crippen molar-refractivity contribution in [1.82, 2.24) is 0 Å². The van der Waals surface area contributed by atoms with Gasteiger partial charge in [-0.3, -0.25) is 4.79 Å². The zero-order valence-electron chi connectivity index (χ0n) is 10.4. The van der Waals surface area contributed by atoms with Gasteiger partial charge in [0.1, 0.15) is 0 Å². The number of aliphatic hydroxyl groups is 3. The first-order chi connectivity index (χ1) is 7.86. The van der Waals surface area contributed by atoms with Crippen molar-refractivity contribution < 1.29 is 24.9 Å². The zero-order chi connectivity index (χ0) is 13.5. The molecule has 0 aliphatic rings. The molecule has 0 aliphatic heterocycles. The molecule has 5 nitrogen and oxygen atoms in total. The minimum absolute atomic E-state index is 0.136. The predicted octanol–water partition coefficient (Wildman–Crippen LogP) is 0.236. The predicted molar refractivity (Wildman–Crippen MR) is 63.3 cm³/mol. The molecule has 17 heavy (non-hydrogen) atoms. The Hall–Kier alpha value is -0.910. The van der Waals surface area contributed by atoms with E-state index in [2.05, 4.69) is 6.58 Å². The van der Waals surface area contributed by atoms with Gasteiger partial charge in [-0.1, -0.05) is 6.08 Å². The highest BCUT2D eigenvalue weighted by Gasteiger charge is 2.30. The fourth-order valence-corrected chi connectivity index (χ4v) is 1.61. The molecule has 3 N–H and O–H groups in total. The number of hydrogen-bond donors (Lipinski definition) is 3. The van der Waals surface area contributed by atoms with E-state index in [0.29, 0.717) is 0 Å². The van der Waals surface area contributed by atoms with Gasteiger partial charge in [-0.15, -0.1) is 6.58 Å². The van der Waals surface area contributed by atoms with Crippen LogP contribution in [0.25, 0.3) is 0 Å². The minimum Gasteiger partial charge on any atom is -0.466 e. The molecule has 0 rings (SSSR count). The summed E-state index contributed by atoms with van der Waals surface area (Å²) in [5.74, 6) is -0.955. The fraction of sp³-hybridized carbons (Fsp3) is 0.750. The van der Waals surface area contributed by atoms with Crippen molar-refractivity contribution >= 4 is 5.97 Å². The molecule has 0 saturated carbocycles. The topological polar surface area (TPSA) is 87.0 Å². The second-order valence-electron chi connectivity index (χ2n) is 4.33. The molecule has 0 radical (unpaired) electrons. The summed E-state index contributed by atoms with van der Waals surface area (Å²) < 4.78 is 4.74. The Morgan fingerprint density at radius 1 is 1.59 bits per heavy atom. The van der Waals surface area contributed by atoms with E-state index < -0.39 is 30.2 Å². The Morgan fingerprint density at radius 3 is 2.59 bits per heavy atom. The van der Waals surface area contributed by atoms with Gasteiger partial charge in [0.2, 0.25) is 0 Å². The van der Waals surface area contributed by atoms with E-state index in [0.717, 1.165) is 0 Å². The van der Waals surface area contributed by atoms with Crippen molar-refractivity contribution in [3.05, 3.63) is 12.7 Å². The van der Waals surface area contributed by atoms with Crippen LogP contribution < -0.4 is 0 Å². The summed E-state index contributed by atoms with van der Waals surface area (Å²) in [6.45, 7) is 6.56. The van der Waals surface area contributed by atoms with Gasteiger partial charge in [0.25, 0.3) is 0 Å². The molecule has 0 aromatic carbocycles. The van der Waals surface area contributed by atoms with E-state index in [1.54, 1.807) is 6.92 Å². The Morgan fingerprint density at radius 2 is 2.18 bits per heavy atom. The standard InChI is InChI=1S/C12H22O5/c1-4-9(10(14)8-13)6-12(3,16)7-11(15)17-5-2/h4,9-10,13-14,16H,1,5-8H2,2-3H3/t9-,10+,12+/m0/s1. The smallest absolute Gasteiger partial charge is 0.308 e. The number of esters is 1. The fourth-order valence-electron chi connectivity index (χ4n) is 1.61. The maximum absolute atomic E-state index is 11.2. The van der Waals surface area contributed by atoms with E-state index in [4.69, 9.17) is 9.84 Å². The number of carbonyl (C=O) groups is 1. The molecule has 0 heterocycles. The first kappa shape index (κ1) is 16.1. The third-order valence-electron chi connectivity index (χ3n) is 2.49. The second-order valence-corrected chi connectivity index (χ2v) is 4.33. The number of ether oxygens (including phenoxy) is 1. The Kier molecular flexibility index (Phi) is 7.03. The molecule has 0 aromatic heterocycles. The van der Waals surface area contributed by atoms with Gasteiger partial charge in [-0.05, 0) is 20.3 Å². The minimum atomic E-state index is -1.29. The van der Waals surface area contributed by atoms with Gasteiger partial charge >= 0.3 is 5.97 Å². The maximum atomic E-state index is 11.2. The highest BCUT2D eigenvalue weighted by molar-refractivity contribution is 5.70. The number of carbonyl (C=O) groups excluding carboxylic acids is 1. The van der Waals surface area contributed by atoms with Gasteiger partial charge < -0.3 is 20.1 Å². The van der Waals surface area contributed by atoms with Crippen molar-refractivity contribution in [3.8, 4) is 0 Å². The molecule has 100 valence electrons. The summed E-state index contributed by atoms with van der Waals surface area (Å²) in [6, 6.07) is 0. The number of rotatable bonds is 8. The maximum Gasteiger partial charge on any atom is 0.308 e. The van der Waals surface area contributed by atoms with Gasteiger partial charge in [-0.2, -0.15) is 0 Å². The molecule has 0 aliphatic carbocycles. The van der Waals surface area contributed by atoms with Crippen molar-refractivity contribution in [3.63, 3.8) is 0 Å². The lowest BCUT2D eigenvalue weighted by molar-refractivity contribution is -0.148. The molecule has 0 bridgehead atoms. The highest BCUT2D eigenvalue weighted by atomic mass is 16.5. The molecule has 0 unspecified atom stereocenters. The van der Waals surface area contributed by atoms with Crippen LogP contribution in [0.3, 0.4) is 0 Å². The molecular formula is C12H22O5. The largest absolute Gasteiger partial charge is 0.466 e. The van der Waals surface area contributed by atoms with Gasteiger partial charge in [0, 0.05) is 5.92 Å². The number of aliphatic hydroxyl groups excluding tert-OH is 2. The Balaban J connectivity index is 4.39. The van der Waals surface area contributed by atoms with Crippen molar-refractivity contribution in [2.45, 2.75) is 38.4 Å². The first-order valence-corrected chi connectivity index (χ1v) is 5.65. The SMILES string of the molecule is C=C[C@@H](C[C@@](C)(O)CC(=O)OCC)[C@H](O)CO. The average Bonchev–Trinajstić information content (AvgIpc) is 2.24. The van der Waals surface area contributed by atoms with Gasteiger partial charge in [0.05, 0.1) is 31.3 Å². The molecule has 0 amide bonds. The van der Waals surface area contributed by atoms with Crippen LogP contribution in [-0.4, -0.2) is 46.2 Å². The van der Waals surface area contributed by atoms with Crippen LogP contribution in [0.5, 0.6) is 0 Å². The van der Waals surface area contributed by atoms with Crippen LogP contribution in [0, 0.1) is 5.92 Å². The van der Waals surface area contributed by atoms with E-state index in [1.807, 2.05) is 0 Å². The Labute approximate surface area is 102 Å². The van der Waals surface area contributed by atoms with E-state index in [9.17, 15) is 15.0 Å². The first-order valence-electron chi connectivity index (χ1n) is 5.65. The molecule has 0 saturated heterocycles. The molecule has 3 atom stereocenters. The third-order valence-corrected chi connectivity index (χ3v) is 2.49. The van der Waals surface area contributed by atoms with E-state index in [1.165, 1.54) is 13.0 Å². The second kappa shape index (κ2) is 7.42. The lowest BCUT2D eigenvalue weighted by Gasteiger charge is -2.28. The summed E-state index contributed by atoms with van der Waals surface area (Å²) in [5, 5.41) is 28.3. The molecule has 0 aromatic rings. The van der Waals surface area contributed by atoms with Crippen LogP contribution in [0.1, 0.15) is 26.7 Å².